The Labute approximate surface area is 143 Å². The van der Waals surface area contributed by atoms with Gasteiger partial charge in [-0.15, -0.1) is 0 Å². The second kappa shape index (κ2) is 6.58. The number of carboxylic acid groups (broad SMARTS) is 1. The molecule has 1 aliphatic heterocycles. The molecule has 1 aromatic rings. The average molecular weight is 329 g/mol. The van der Waals surface area contributed by atoms with Crippen LogP contribution in [0.1, 0.15) is 51.0 Å². The highest BCUT2D eigenvalue weighted by Gasteiger charge is 2.59. The van der Waals surface area contributed by atoms with Gasteiger partial charge < -0.3 is 10.0 Å². The monoisotopic (exact) mass is 329 g/mol. The third kappa shape index (κ3) is 3.33. The van der Waals surface area contributed by atoms with Gasteiger partial charge in [0.1, 0.15) is 0 Å². The summed E-state index contributed by atoms with van der Waals surface area (Å²) in [5.41, 5.74) is 1.21. The van der Waals surface area contributed by atoms with E-state index in [0.29, 0.717) is 25.4 Å². The molecule has 2 atom stereocenters. The molecular weight excluding hydrogens is 302 g/mol. The second-order valence-corrected chi connectivity index (χ2v) is 7.80. The fourth-order valence-corrected chi connectivity index (χ4v) is 4.21. The standard InChI is InChI=1S/C20H27NO3/c1-14(2)16(15-6-4-3-5-7-15)12-18(22)21-10-8-20(9-11-21)13-17(20)19(23)24/h3-7,14,16-17H,8-13H2,1-2H3,(H,23,24). The van der Waals surface area contributed by atoms with Crippen LogP contribution < -0.4 is 0 Å². The molecule has 1 aliphatic carbocycles. The van der Waals surface area contributed by atoms with E-state index in [1.165, 1.54) is 5.56 Å². The summed E-state index contributed by atoms with van der Waals surface area (Å²) in [5.74, 6) is 0.00993. The Morgan fingerprint density at radius 3 is 2.33 bits per heavy atom. The maximum Gasteiger partial charge on any atom is 0.307 e. The minimum atomic E-state index is -0.668. The Balaban J connectivity index is 1.58. The molecule has 2 fully saturated rings. The van der Waals surface area contributed by atoms with Gasteiger partial charge in [0.25, 0.3) is 0 Å². The summed E-state index contributed by atoms with van der Waals surface area (Å²) in [6.45, 7) is 5.75. The minimum Gasteiger partial charge on any atom is -0.481 e. The van der Waals surface area contributed by atoms with Gasteiger partial charge in [0, 0.05) is 19.5 Å². The molecule has 0 bridgehead atoms. The number of carbonyl (C=O) groups is 2. The van der Waals surface area contributed by atoms with Crippen molar-refractivity contribution >= 4 is 11.9 Å². The topological polar surface area (TPSA) is 57.6 Å². The van der Waals surface area contributed by atoms with E-state index in [0.717, 1.165) is 19.3 Å². The third-order valence-corrected chi connectivity index (χ3v) is 6.03. The zero-order valence-corrected chi connectivity index (χ0v) is 14.6. The van der Waals surface area contributed by atoms with Gasteiger partial charge in [-0.25, -0.2) is 0 Å². The van der Waals surface area contributed by atoms with E-state index in [-0.39, 0.29) is 23.2 Å². The highest BCUT2D eigenvalue weighted by atomic mass is 16.4. The number of carboxylic acids is 1. The quantitative estimate of drug-likeness (QED) is 0.899. The molecule has 1 saturated carbocycles. The highest BCUT2D eigenvalue weighted by molar-refractivity contribution is 5.78. The molecule has 0 aromatic heterocycles. The van der Waals surface area contributed by atoms with E-state index in [1.807, 2.05) is 23.1 Å². The van der Waals surface area contributed by atoms with Gasteiger partial charge in [-0.1, -0.05) is 44.2 Å². The fourth-order valence-electron chi connectivity index (χ4n) is 4.21. The Bertz CT molecular complexity index is 603. The van der Waals surface area contributed by atoms with Crippen molar-refractivity contribution in [3.8, 4) is 0 Å². The number of hydrogen-bond acceptors (Lipinski definition) is 2. The average Bonchev–Trinajstić information content (AvgIpc) is 3.27. The van der Waals surface area contributed by atoms with Gasteiger partial charge in [0.05, 0.1) is 5.92 Å². The lowest BCUT2D eigenvalue weighted by Crippen LogP contribution is -2.40. The lowest BCUT2D eigenvalue weighted by molar-refractivity contribution is -0.140. The number of likely N-dealkylation sites (tertiary alicyclic amines) is 1. The zero-order valence-electron chi connectivity index (χ0n) is 14.6. The summed E-state index contributed by atoms with van der Waals surface area (Å²) in [6, 6.07) is 10.3. The molecule has 4 heteroatoms. The largest absolute Gasteiger partial charge is 0.481 e. The number of aliphatic carboxylic acids is 1. The molecule has 1 heterocycles. The summed E-state index contributed by atoms with van der Waals surface area (Å²) in [6.07, 6.45) is 3.01. The van der Waals surface area contributed by atoms with Crippen LogP contribution in [0.15, 0.2) is 30.3 Å². The first-order valence-corrected chi connectivity index (χ1v) is 8.98. The molecule has 130 valence electrons. The Morgan fingerprint density at radius 1 is 1.21 bits per heavy atom. The number of rotatable bonds is 5. The fraction of sp³-hybridized carbons (Fsp3) is 0.600. The summed E-state index contributed by atoms with van der Waals surface area (Å²) in [4.78, 5) is 25.8. The van der Waals surface area contributed by atoms with Crippen molar-refractivity contribution in [3.63, 3.8) is 0 Å². The van der Waals surface area contributed by atoms with E-state index in [2.05, 4.69) is 26.0 Å². The number of benzene rings is 1. The van der Waals surface area contributed by atoms with Crippen LogP contribution in [0.2, 0.25) is 0 Å². The van der Waals surface area contributed by atoms with Crippen LogP contribution in [0.5, 0.6) is 0 Å². The van der Waals surface area contributed by atoms with Crippen molar-refractivity contribution in [2.75, 3.05) is 13.1 Å². The van der Waals surface area contributed by atoms with Crippen molar-refractivity contribution in [1.82, 2.24) is 4.90 Å². The number of carbonyl (C=O) groups excluding carboxylic acids is 1. The summed E-state index contributed by atoms with van der Waals surface area (Å²) < 4.78 is 0. The third-order valence-electron chi connectivity index (χ3n) is 6.03. The SMILES string of the molecule is CC(C)C(CC(=O)N1CCC2(CC1)CC2C(=O)O)c1ccccc1. The molecule has 0 radical (unpaired) electrons. The molecule has 1 spiro atoms. The summed E-state index contributed by atoms with van der Waals surface area (Å²) in [5, 5.41) is 9.17. The maximum atomic E-state index is 12.7. The number of hydrogen-bond donors (Lipinski definition) is 1. The molecular formula is C20H27NO3. The van der Waals surface area contributed by atoms with Gasteiger partial charge in [-0.2, -0.15) is 0 Å². The van der Waals surface area contributed by atoms with Gasteiger partial charge in [-0.05, 0) is 42.1 Å². The Morgan fingerprint density at radius 2 is 1.83 bits per heavy atom. The maximum absolute atomic E-state index is 12.7. The van der Waals surface area contributed by atoms with E-state index in [4.69, 9.17) is 0 Å². The smallest absolute Gasteiger partial charge is 0.307 e. The molecule has 1 saturated heterocycles. The molecule has 1 amide bonds. The van der Waals surface area contributed by atoms with Crippen LogP contribution in [-0.4, -0.2) is 35.0 Å². The molecule has 1 N–H and O–H groups in total. The first-order valence-electron chi connectivity index (χ1n) is 8.98. The van der Waals surface area contributed by atoms with Gasteiger partial charge in [0.15, 0.2) is 0 Å². The molecule has 2 unspecified atom stereocenters. The molecule has 1 aromatic carbocycles. The van der Waals surface area contributed by atoms with Crippen molar-refractivity contribution in [1.29, 1.82) is 0 Å². The van der Waals surface area contributed by atoms with Gasteiger partial charge in [-0.3, -0.25) is 9.59 Å². The van der Waals surface area contributed by atoms with Crippen LogP contribution >= 0.6 is 0 Å². The zero-order chi connectivity index (χ0) is 17.3. The van der Waals surface area contributed by atoms with Crippen LogP contribution in [0.4, 0.5) is 0 Å². The summed E-state index contributed by atoms with van der Waals surface area (Å²) >= 11 is 0. The number of piperidine rings is 1. The van der Waals surface area contributed by atoms with Crippen LogP contribution in [0.25, 0.3) is 0 Å². The highest BCUT2D eigenvalue weighted by Crippen LogP contribution is 2.59. The molecule has 24 heavy (non-hydrogen) atoms. The number of nitrogens with zero attached hydrogens (tertiary/aromatic N) is 1. The summed E-state index contributed by atoms with van der Waals surface area (Å²) in [7, 11) is 0. The van der Waals surface area contributed by atoms with E-state index >= 15 is 0 Å². The lowest BCUT2D eigenvalue weighted by atomic mass is 9.84. The predicted molar refractivity (Wildman–Crippen MR) is 92.6 cm³/mol. The Kier molecular flexibility index (Phi) is 4.66. The van der Waals surface area contributed by atoms with Crippen molar-refractivity contribution in [2.24, 2.45) is 17.3 Å². The molecule has 3 rings (SSSR count). The van der Waals surface area contributed by atoms with Gasteiger partial charge in [0.2, 0.25) is 5.91 Å². The van der Waals surface area contributed by atoms with Crippen LogP contribution in [0, 0.1) is 17.3 Å². The first kappa shape index (κ1) is 17.0. The number of amides is 1. The second-order valence-electron chi connectivity index (χ2n) is 7.80. The predicted octanol–water partition coefficient (Wildman–Crippen LogP) is 3.53. The minimum absolute atomic E-state index is 0.0144. The van der Waals surface area contributed by atoms with Crippen molar-refractivity contribution in [2.45, 2.75) is 45.4 Å². The van der Waals surface area contributed by atoms with Crippen LogP contribution in [0.3, 0.4) is 0 Å². The molecule has 4 nitrogen and oxygen atoms in total. The lowest BCUT2D eigenvalue weighted by Gasteiger charge is -2.34. The van der Waals surface area contributed by atoms with E-state index in [9.17, 15) is 14.7 Å². The normalized spacial score (nSPS) is 23.3. The first-order chi connectivity index (χ1) is 11.4. The Hall–Kier alpha value is -1.84. The van der Waals surface area contributed by atoms with Gasteiger partial charge >= 0.3 is 5.97 Å². The van der Waals surface area contributed by atoms with E-state index < -0.39 is 5.97 Å². The van der Waals surface area contributed by atoms with Crippen molar-refractivity contribution in [3.05, 3.63) is 35.9 Å². The van der Waals surface area contributed by atoms with Crippen LogP contribution in [-0.2, 0) is 9.59 Å². The van der Waals surface area contributed by atoms with Crippen molar-refractivity contribution < 1.29 is 14.7 Å². The van der Waals surface area contributed by atoms with E-state index in [1.54, 1.807) is 0 Å². The molecule has 2 aliphatic rings.